The van der Waals surface area contributed by atoms with Crippen molar-refractivity contribution in [3.63, 3.8) is 0 Å². The third-order valence-electron chi connectivity index (χ3n) is 2.57. The number of halogens is 2. The summed E-state index contributed by atoms with van der Waals surface area (Å²) in [5.74, 6) is -0.163. The van der Waals surface area contributed by atoms with Crippen molar-refractivity contribution in [1.29, 1.82) is 0 Å². The Morgan fingerprint density at radius 3 is 2.88 bits per heavy atom. The molecule has 92 valence electrons. The highest BCUT2D eigenvalue weighted by Crippen LogP contribution is 2.34. The summed E-state index contributed by atoms with van der Waals surface area (Å²) in [4.78, 5) is 13.4. The summed E-state index contributed by atoms with van der Waals surface area (Å²) in [6, 6.07) is 2.83. The van der Waals surface area contributed by atoms with E-state index in [9.17, 15) is 9.18 Å². The van der Waals surface area contributed by atoms with Crippen molar-refractivity contribution < 1.29 is 9.18 Å². The van der Waals surface area contributed by atoms with Gasteiger partial charge in [-0.1, -0.05) is 25.4 Å². The number of nitrogens with one attached hydrogen (secondary N) is 1. The number of nitrogens with zero attached hydrogens (tertiary/aromatic N) is 1. The van der Waals surface area contributed by atoms with E-state index in [1.165, 1.54) is 12.1 Å². The highest BCUT2D eigenvalue weighted by atomic mass is 35.5. The van der Waals surface area contributed by atoms with Crippen molar-refractivity contribution >= 4 is 28.9 Å². The normalized spacial score (nSPS) is 14.9. The number of fused-ring (bicyclic) bond motifs is 1. The summed E-state index contributed by atoms with van der Waals surface area (Å²) in [7, 11) is 0. The lowest BCUT2D eigenvalue weighted by Gasteiger charge is -2.32. The smallest absolute Gasteiger partial charge is 0.243 e. The predicted octanol–water partition coefficient (Wildman–Crippen LogP) is 2.89. The van der Waals surface area contributed by atoms with Gasteiger partial charge >= 0.3 is 0 Å². The van der Waals surface area contributed by atoms with Crippen molar-refractivity contribution in [3.8, 4) is 0 Å². The van der Waals surface area contributed by atoms with Gasteiger partial charge in [-0.3, -0.25) is 4.79 Å². The molecule has 1 aliphatic heterocycles. The van der Waals surface area contributed by atoms with Gasteiger partial charge in [-0.15, -0.1) is 0 Å². The summed E-state index contributed by atoms with van der Waals surface area (Å²) in [6.45, 7) is 5.07. The van der Waals surface area contributed by atoms with Crippen LogP contribution in [-0.4, -0.2) is 19.0 Å². The Kier molecular flexibility index (Phi) is 3.24. The van der Waals surface area contributed by atoms with Gasteiger partial charge in [-0.05, 0) is 12.0 Å². The molecule has 2 rings (SSSR count). The molecule has 0 bridgehead atoms. The molecule has 17 heavy (non-hydrogen) atoms. The van der Waals surface area contributed by atoms with Crippen LogP contribution in [-0.2, 0) is 4.79 Å². The number of carbonyl (C=O) groups excluding carboxylic acids is 1. The zero-order valence-corrected chi connectivity index (χ0v) is 10.5. The van der Waals surface area contributed by atoms with Gasteiger partial charge < -0.3 is 10.2 Å². The molecule has 0 saturated heterocycles. The molecule has 0 unspecified atom stereocenters. The Labute approximate surface area is 105 Å². The maximum Gasteiger partial charge on any atom is 0.243 e. The molecule has 1 amide bonds. The minimum atomic E-state index is -0.463. The molecule has 5 heteroatoms. The van der Waals surface area contributed by atoms with Crippen molar-refractivity contribution in [3.05, 3.63) is 23.0 Å². The minimum Gasteiger partial charge on any atom is -0.360 e. The van der Waals surface area contributed by atoms with E-state index in [0.29, 0.717) is 23.8 Å². The Hall–Kier alpha value is -1.29. The van der Waals surface area contributed by atoms with Crippen LogP contribution >= 0.6 is 11.6 Å². The summed E-state index contributed by atoms with van der Waals surface area (Å²) in [5.41, 5.74) is 1.27. The van der Waals surface area contributed by atoms with Gasteiger partial charge in [0, 0.05) is 12.6 Å². The van der Waals surface area contributed by atoms with E-state index < -0.39 is 5.82 Å². The van der Waals surface area contributed by atoms with Crippen LogP contribution in [0.3, 0.4) is 0 Å². The average molecular weight is 257 g/mol. The highest BCUT2D eigenvalue weighted by Gasteiger charge is 2.23. The van der Waals surface area contributed by atoms with Crippen LogP contribution in [0.25, 0.3) is 0 Å². The SMILES string of the molecule is CC(C)CN1CC(=O)Nc2cc(Cl)c(F)cc21. The second kappa shape index (κ2) is 4.53. The summed E-state index contributed by atoms with van der Waals surface area (Å²) in [6.07, 6.45) is 0. The fourth-order valence-corrected chi connectivity index (χ4v) is 2.11. The molecular weight excluding hydrogens is 243 g/mol. The predicted molar refractivity (Wildman–Crippen MR) is 67.1 cm³/mol. The first-order valence-electron chi connectivity index (χ1n) is 5.51. The first-order valence-corrected chi connectivity index (χ1v) is 5.89. The van der Waals surface area contributed by atoms with Gasteiger partial charge in [0.15, 0.2) is 0 Å². The zero-order valence-electron chi connectivity index (χ0n) is 9.76. The first kappa shape index (κ1) is 12.2. The molecule has 1 heterocycles. The number of benzene rings is 1. The molecule has 1 aromatic carbocycles. The molecule has 0 fully saturated rings. The average Bonchev–Trinajstić information content (AvgIpc) is 2.20. The van der Waals surface area contributed by atoms with Gasteiger partial charge in [-0.25, -0.2) is 4.39 Å². The second-order valence-corrected chi connectivity index (χ2v) is 5.01. The van der Waals surface area contributed by atoms with Crippen molar-refractivity contribution in [1.82, 2.24) is 0 Å². The van der Waals surface area contributed by atoms with Gasteiger partial charge in [0.05, 0.1) is 22.9 Å². The van der Waals surface area contributed by atoms with Gasteiger partial charge in [-0.2, -0.15) is 0 Å². The molecule has 0 radical (unpaired) electrons. The maximum absolute atomic E-state index is 13.4. The summed E-state index contributed by atoms with van der Waals surface area (Å²) in [5, 5.41) is 2.72. The quantitative estimate of drug-likeness (QED) is 0.883. The van der Waals surface area contributed by atoms with Crippen LogP contribution in [0.5, 0.6) is 0 Å². The Morgan fingerprint density at radius 2 is 2.24 bits per heavy atom. The molecular formula is C12H14ClFN2O. The zero-order chi connectivity index (χ0) is 12.6. The minimum absolute atomic E-state index is 0.0236. The lowest BCUT2D eigenvalue weighted by molar-refractivity contribution is -0.115. The summed E-state index contributed by atoms with van der Waals surface area (Å²) < 4.78 is 13.4. The fourth-order valence-electron chi connectivity index (χ4n) is 1.95. The standard InChI is InChI=1S/C12H14ClFN2O/c1-7(2)5-16-6-12(17)15-10-3-8(13)9(14)4-11(10)16/h3-4,7H,5-6H2,1-2H3,(H,15,17). The van der Waals surface area contributed by atoms with Gasteiger partial charge in [0.25, 0.3) is 0 Å². The molecule has 1 N–H and O–H groups in total. The molecule has 3 nitrogen and oxygen atoms in total. The van der Waals surface area contributed by atoms with E-state index >= 15 is 0 Å². The number of carbonyl (C=O) groups is 1. The molecule has 1 aliphatic rings. The van der Waals surface area contributed by atoms with E-state index in [0.717, 1.165) is 0 Å². The molecule has 0 spiro atoms. The topological polar surface area (TPSA) is 32.3 Å². The van der Waals surface area contributed by atoms with Crippen molar-refractivity contribution in [2.45, 2.75) is 13.8 Å². The van der Waals surface area contributed by atoms with Crippen LogP contribution in [0.15, 0.2) is 12.1 Å². The van der Waals surface area contributed by atoms with E-state index in [4.69, 9.17) is 11.6 Å². The number of amides is 1. The first-order chi connectivity index (χ1) is 7.97. The lowest BCUT2D eigenvalue weighted by atomic mass is 10.1. The fraction of sp³-hybridized carbons (Fsp3) is 0.417. The molecule has 0 aliphatic carbocycles. The van der Waals surface area contributed by atoms with Gasteiger partial charge in [0.1, 0.15) is 5.82 Å². The molecule has 1 aromatic rings. The largest absolute Gasteiger partial charge is 0.360 e. The Balaban J connectivity index is 2.41. The summed E-state index contributed by atoms with van der Waals surface area (Å²) >= 11 is 5.70. The third-order valence-corrected chi connectivity index (χ3v) is 2.86. The molecule has 0 aromatic heterocycles. The Morgan fingerprint density at radius 1 is 1.53 bits per heavy atom. The number of rotatable bonds is 2. The maximum atomic E-state index is 13.4. The number of hydrogen-bond donors (Lipinski definition) is 1. The van der Waals surface area contributed by atoms with Crippen LogP contribution in [0.1, 0.15) is 13.8 Å². The Bertz CT molecular complexity index is 462. The van der Waals surface area contributed by atoms with Crippen LogP contribution in [0, 0.1) is 11.7 Å². The van der Waals surface area contributed by atoms with E-state index in [1.807, 2.05) is 4.90 Å². The highest BCUT2D eigenvalue weighted by molar-refractivity contribution is 6.31. The van der Waals surface area contributed by atoms with E-state index in [-0.39, 0.29) is 17.5 Å². The molecule has 0 saturated carbocycles. The van der Waals surface area contributed by atoms with E-state index in [2.05, 4.69) is 19.2 Å². The van der Waals surface area contributed by atoms with Crippen molar-refractivity contribution in [2.75, 3.05) is 23.3 Å². The van der Waals surface area contributed by atoms with Gasteiger partial charge in [0.2, 0.25) is 5.91 Å². The van der Waals surface area contributed by atoms with E-state index in [1.54, 1.807) is 0 Å². The third kappa shape index (κ3) is 2.52. The monoisotopic (exact) mass is 256 g/mol. The van der Waals surface area contributed by atoms with Crippen LogP contribution in [0.2, 0.25) is 5.02 Å². The van der Waals surface area contributed by atoms with Crippen molar-refractivity contribution in [2.24, 2.45) is 5.92 Å². The molecule has 0 atom stereocenters. The number of hydrogen-bond acceptors (Lipinski definition) is 2. The second-order valence-electron chi connectivity index (χ2n) is 4.61. The van der Waals surface area contributed by atoms with Crippen LogP contribution in [0.4, 0.5) is 15.8 Å². The van der Waals surface area contributed by atoms with Crippen LogP contribution < -0.4 is 10.2 Å². The lowest BCUT2D eigenvalue weighted by Crippen LogP contribution is -2.40. The number of anilines is 2.